The van der Waals surface area contributed by atoms with E-state index in [2.05, 4.69) is 105 Å². The van der Waals surface area contributed by atoms with Crippen LogP contribution in [-0.4, -0.2) is 39.3 Å². The SMILES string of the molecule is C=C(CCC(COCc1ccccc1)O[Si](C)(C)C(C)(C)C)/C(=C/CCCCCC)B1OC(C)(C)C(C)(C)O1. The number of unbranched alkanes of at least 4 members (excludes halogenated alkanes) is 4. The van der Waals surface area contributed by atoms with E-state index >= 15 is 0 Å². The maximum Gasteiger partial charge on any atom is 0.494 e. The zero-order chi connectivity index (χ0) is 29.3. The molecule has 39 heavy (non-hydrogen) atoms. The molecule has 0 bridgehead atoms. The van der Waals surface area contributed by atoms with Gasteiger partial charge in [-0.05, 0) is 82.5 Å². The lowest BCUT2D eigenvalue weighted by Gasteiger charge is -2.39. The topological polar surface area (TPSA) is 36.9 Å². The van der Waals surface area contributed by atoms with Crippen molar-refractivity contribution >= 4 is 15.4 Å². The van der Waals surface area contributed by atoms with Crippen LogP contribution < -0.4 is 0 Å². The minimum absolute atomic E-state index is 0.00968. The first kappa shape index (κ1) is 34.0. The average molecular weight is 557 g/mol. The first-order valence-corrected chi connectivity index (χ1v) is 18.0. The van der Waals surface area contributed by atoms with Gasteiger partial charge in [-0.1, -0.05) is 95.5 Å². The molecule has 1 heterocycles. The molecule has 0 N–H and O–H groups in total. The van der Waals surface area contributed by atoms with Crippen molar-refractivity contribution < 1.29 is 18.5 Å². The molecule has 1 aromatic rings. The Bertz CT molecular complexity index is 901. The van der Waals surface area contributed by atoms with Gasteiger partial charge in [-0.15, -0.1) is 0 Å². The largest absolute Gasteiger partial charge is 0.494 e. The van der Waals surface area contributed by atoms with Crippen molar-refractivity contribution in [3.63, 3.8) is 0 Å². The third kappa shape index (κ3) is 10.3. The summed E-state index contributed by atoms with van der Waals surface area (Å²) in [6.45, 7) is 27.9. The van der Waals surface area contributed by atoms with Crippen LogP contribution >= 0.6 is 0 Å². The Hall–Kier alpha value is -1.18. The number of hydrogen-bond acceptors (Lipinski definition) is 4. The predicted octanol–water partition coefficient (Wildman–Crippen LogP) is 9.46. The summed E-state index contributed by atoms with van der Waals surface area (Å²) in [6.07, 6.45) is 9.95. The second-order valence-electron chi connectivity index (χ2n) is 13.7. The van der Waals surface area contributed by atoms with Gasteiger partial charge >= 0.3 is 7.12 Å². The molecule has 1 aliphatic heterocycles. The molecule has 1 aromatic carbocycles. The van der Waals surface area contributed by atoms with Gasteiger partial charge in [-0.25, -0.2) is 0 Å². The molecule has 6 heteroatoms. The van der Waals surface area contributed by atoms with Crippen molar-refractivity contribution in [2.24, 2.45) is 0 Å². The van der Waals surface area contributed by atoms with Crippen molar-refractivity contribution in [1.29, 1.82) is 0 Å². The molecule has 0 spiro atoms. The Morgan fingerprint density at radius 3 is 2.21 bits per heavy atom. The summed E-state index contributed by atoms with van der Waals surface area (Å²) >= 11 is 0. The van der Waals surface area contributed by atoms with Crippen molar-refractivity contribution in [2.45, 2.75) is 142 Å². The van der Waals surface area contributed by atoms with Crippen molar-refractivity contribution in [2.75, 3.05) is 6.61 Å². The molecule has 1 aliphatic rings. The molecule has 4 nitrogen and oxygen atoms in total. The quantitative estimate of drug-likeness (QED) is 0.115. The fourth-order valence-corrected chi connectivity index (χ4v) is 5.71. The van der Waals surface area contributed by atoms with E-state index in [0.29, 0.717) is 13.2 Å². The van der Waals surface area contributed by atoms with Gasteiger partial charge in [-0.2, -0.15) is 0 Å². The van der Waals surface area contributed by atoms with E-state index in [9.17, 15) is 0 Å². The monoisotopic (exact) mass is 556 g/mol. The van der Waals surface area contributed by atoms with Gasteiger partial charge in [0.1, 0.15) is 0 Å². The van der Waals surface area contributed by atoms with E-state index in [1.54, 1.807) is 0 Å². The molecule has 0 radical (unpaired) electrons. The van der Waals surface area contributed by atoms with Crippen LogP contribution in [0.15, 0.2) is 54.0 Å². The molecule has 0 aliphatic carbocycles. The summed E-state index contributed by atoms with van der Waals surface area (Å²) in [7, 11) is -2.35. The molecular weight excluding hydrogens is 499 g/mol. The van der Waals surface area contributed by atoms with Crippen LogP contribution in [0.2, 0.25) is 18.1 Å². The van der Waals surface area contributed by atoms with Crippen LogP contribution in [0, 0.1) is 0 Å². The summed E-state index contributed by atoms with van der Waals surface area (Å²) in [4.78, 5) is 0. The third-order valence-corrected chi connectivity index (χ3v) is 13.3. The van der Waals surface area contributed by atoms with Crippen LogP contribution in [0.4, 0.5) is 0 Å². The lowest BCUT2D eigenvalue weighted by atomic mass is 9.72. The zero-order valence-corrected chi connectivity index (χ0v) is 27.8. The minimum atomic E-state index is -1.97. The van der Waals surface area contributed by atoms with Crippen LogP contribution in [0.3, 0.4) is 0 Å². The van der Waals surface area contributed by atoms with E-state index in [0.717, 1.165) is 30.3 Å². The van der Waals surface area contributed by atoms with Gasteiger partial charge in [0, 0.05) is 0 Å². The fraction of sp³-hybridized carbons (Fsp3) is 0.697. The van der Waals surface area contributed by atoms with Gasteiger partial charge < -0.3 is 18.5 Å². The summed E-state index contributed by atoms with van der Waals surface area (Å²) in [5.74, 6) is 0. The summed E-state index contributed by atoms with van der Waals surface area (Å²) in [5.41, 5.74) is 2.61. The van der Waals surface area contributed by atoms with E-state index in [4.69, 9.17) is 18.5 Å². The van der Waals surface area contributed by atoms with Gasteiger partial charge in [0.25, 0.3) is 0 Å². The Balaban J connectivity index is 2.14. The molecule has 220 valence electrons. The molecule has 0 amide bonds. The maximum atomic E-state index is 6.88. The van der Waals surface area contributed by atoms with E-state index in [1.807, 2.05) is 6.07 Å². The second-order valence-corrected chi connectivity index (χ2v) is 18.5. The van der Waals surface area contributed by atoms with Gasteiger partial charge in [0.05, 0.1) is 30.5 Å². The van der Waals surface area contributed by atoms with E-state index < -0.39 is 8.32 Å². The Morgan fingerprint density at radius 2 is 1.64 bits per heavy atom. The van der Waals surface area contributed by atoms with Gasteiger partial charge in [0.2, 0.25) is 0 Å². The predicted molar refractivity (Wildman–Crippen MR) is 169 cm³/mol. The average Bonchev–Trinajstić information content (AvgIpc) is 3.05. The van der Waals surface area contributed by atoms with Crippen LogP contribution in [0.5, 0.6) is 0 Å². The number of hydrogen-bond donors (Lipinski definition) is 0. The minimum Gasteiger partial charge on any atom is -0.412 e. The molecule has 1 saturated heterocycles. The maximum absolute atomic E-state index is 6.88. The first-order valence-electron chi connectivity index (χ1n) is 15.1. The number of ether oxygens (including phenoxy) is 1. The van der Waals surface area contributed by atoms with Crippen molar-refractivity contribution in [1.82, 2.24) is 0 Å². The third-order valence-electron chi connectivity index (χ3n) is 8.79. The molecule has 0 aromatic heterocycles. The Morgan fingerprint density at radius 1 is 1.03 bits per heavy atom. The van der Waals surface area contributed by atoms with Crippen LogP contribution in [0.25, 0.3) is 0 Å². The smallest absolute Gasteiger partial charge is 0.412 e. The van der Waals surface area contributed by atoms with E-state index in [1.165, 1.54) is 31.2 Å². The fourth-order valence-electron chi connectivity index (χ4n) is 4.34. The van der Waals surface area contributed by atoms with Gasteiger partial charge in [0.15, 0.2) is 8.32 Å². The molecular formula is C33H57BO4Si. The molecule has 1 fully saturated rings. The van der Waals surface area contributed by atoms with Crippen molar-refractivity contribution in [3.8, 4) is 0 Å². The van der Waals surface area contributed by atoms with E-state index in [-0.39, 0.29) is 29.5 Å². The highest BCUT2D eigenvalue weighted by atomic mass is 28.4. The van der Waals surface area contributed by atoms with Crippen LogP contribution in [-0.2, 0) is 25.1 Å². The van der Waals surface area contributed by atoms with Crippen LogP contribution in [0.1, 0.15) is 106 Å². The zero-order valence-electron chi connectivity index (χ0n) is 26.8. The number of benzene rings is 1. The lowest BCUT2D eigenvalue weighted by Crippen LogP contribution is -2.45. The highest BCUT2D eigenvalue weighted by Crippen LogP contribution is 2.41. The Kier molecular flexibility index (Phi) is 12.8. The number of rotatable bonds is 16. The molecule has 1 atom stereocenters. The first-order chi connectivity index (χ1) is 18.1. The lowest BCUT2D eigenvalue weighted by molar-refractivity contribution is 0.00578. The number of allylic oxidation sites excluding steroid dienone is 3. The normalized spacial score (nSPS) is 18.4. The summed E-state index contributed by atoms with van der Waals surface area (Å²) in [6, 6.07) is 10.4. The molecule has 0 saturated carbocycles. The summed E-state index contributed by atoms with van der Waals surface area (Å²) < 4.78 is 26.0. The standard InChI is InChI=1S/C33H57BO4Si/c1-12-13-14-15-19-22-30(34-37-32(6,7)33(8,9)38-34)27(2)23-24-29(36-39(10,11)31(3,4)5)26-35-25-28-20-17-16-18-21-28/h16-18,20-22,29H,2,12-15,19,23-26H2,1,3-11H3/b30-22-. The highest BCUT2D eigenvalue weighted by molar-refractivity contribution is 6.74. The summed E-state index contributed by atoms with van der Waals surface area (Å²) in [5, 5.41) is 0.133. The molecule has 1 unspecified atom stereocenters. The van der Waals surface area contributed by atoms with Crippen molar-refractivity contribution in [3.05, 3.63) is 59.6 Å². The van der Waals surface area contributed by atoms with Gasteiger partial charge in [-0.3, -0.25) is 0 Å². The highest BCUT2D eigenvalue weighted by Gasteiger charge is 2.52. The Labute approximate surface area is 242 Å². The second kappa shape index (κ2) is 14.6. The molecule has 2 rings (SSSR count).